The van der Waals surface area contributed by atoms with Crippen molar-refractivity contribution in [2.75, 3.05) is 0 Å². The summed E-state index contributed by atoms with van der Waals surface area (Å²) in [4.78, 5) is 0. The maximum atomic E-state index is 2.58. The summed E-state index contributed by atoms with van der Waals surface area (Å²) in [6.07, 6.45) is 6.07. The summed E-state index contributed by atoms with van der Waals surface area (Å²) in [5, 5.41) is 0. The Balaban J connectivity index is 1.75. The van der Waals surface area contributed by atoms with E-state index in [0.717, 1.165) is 52.8 Å². The van der Waals surface area contributed by atoms with E-state index in [1.54, 1.807) is 6.42 Å². The highest BCUT2D eigenvalue weighted by Gasteiger charge is 2.77. The van der Waals surface area contributed by atoms with E-state index >= 15 is 0 Å². The van der Waals surface area contributed by atoms with Gasteiger partial charge in [0.15, 0.2) is 0 Å². The van der Waals surface area contributed by atoms with Crippen LogP contribution in [0.4, 0.5) is 0 Å². The average molecular weight is 262 g/mol. The Hall–Kier alpha value is 0. The number of fused-ring (bicyclic) bond motifs is 1. The lowest BCUT2D eigenvalue weighted by Crippen LogP contribution is -2.64. The Bertz CT molecular complexity index is 342. The highest BCUT2D eigenvalue weighted by Crippen LogP contribution is 2.83. The highest BCUT2D eigenvalue weighted by atomic mass is 14.8. The van der Waals surface area contributed by atoms with Gasteiger partial charge < -0.3 is 0 Å². The van der Waals surface area contributed by atoms with Gasteiger partial charge in [-0.2, -0.15) is 0 Å². The molecule has 2 bridgehead atoms. The maximum absolute atomic E-state index is 2.58. The molecule has 0 nitrogen and oxygen atoms in total. The first-order valence-corrected chi connectivity index (χ1v) is 8.89. The molecule has 0 amide bonds. The predicted molar refractivity (Wildman–Crippen MR) is 82.9 cm³/mol. The summed E-state index contributed by atoms with van der Waals surface area (Å²) in [6, 6.07) is 0. The van der Waals surface area contributed by atoms with E-state index in [1.807, 2.05) is 0 Å². The van der Waals surface area contributed by atoms with Crippen LogP contribution in [0.5, 0.6) is 0 Å². The molecule has 7 atom stereocenters. The number of hydrogen-bond donors (Lipinski definition) is 0. The summed E-state index contributed by atoms with van der Waals surface area (Å²) in [7, 11) is 0. The molecule has 4 aliphatic rings. The van der Waals surface area contributed by atoms with Gasteiger partial charge in [-0.15, -0.1) is 0 Å². The summed E-state index contributed by atoms with van der Waals surface area (Å²) in [6.45, 7) is 14.8. The normalized spacial score (nSPS) is 51.2. The van der Waals surface area contributed by atoms with Gasteiger partial charge in [0.2, 0.25) is 0 Å². The van der Waals surface area contributed by atoms with Gasteiger partial charge in [-0.05, 0) is 72.0 Å². The van der Waals surface area contributed by atoms with Crippen LogP contribution in [0.2, 0.25) is 0 Å². The van der Waals surface area contributed by atoms with Crippen LogP contribution in [0.1, 0.15) is 67.2 Å². The third-order valence-corrected chi connectivity index (χ3v) is 7.34. The third-order valence-electron chi connectivity index (χ3n) is 7.34. The van der Waals surface area contributed by atoms with E-state index in [2.05, 4.69) is 41.5 Å². The van der Waals surface area contributed by atoms with Crippen LogP contribution in [-0.2, 0) is 0 Å². The molecular formula is C19H34. The number of hydrogen-bond acceptors (Lipinski definition) is 0. The lowest BCUT2D eigenvalue weighted by atomic mass is 9.35. The molecule has 4 rings (SSSR count). The fourth-order valence-electron chi connectivity index (χ4n) is 6.77. The Morgan fingerprint density at radius 2 is 1.63 bits per heavy atom. The van der Waals surface area contributed by atoms with E-state index in [0.29, 0.717) is 0 Å². The van der Waals surface area contributed by atoms with Gasteiger partial charge in [0, 0.05) is 0 Å². The molecule has 4 saturated carbocycles. The van der Waals surface area contributed by atoms with Crippen molar-refractivity contribution in [3.8, 4) is 0 Å². The Morgan fingerprint density at radius 1 is 0.947 bits per heavy atom. The molecule has 0 N–H and O–H groups in total. The van der Waals surface area contributed by atoms with Crippen LogP contribution in [0.25, 0.3) is 0 Å². The minimum absolute atomic E-state index is 0.822. The zero-order chi connectivity index (χ0) is 13.9. The predicted octanol–water partition coefficient (Wildman–Crippen LogP) is 5.62. The number of rotatable bonds is 5. The van der Waals surface area contributed by atoms with Crippen LogP contribution >= 0.6 is 0 Å². The molecule has 0 heterocycles. The molecule has 4 fully saturated rings. The molecular weight excluding hydrogens is 228 g/mol. The van der Waals surface area contributed by atoms with Crippen molar-refractivity contribution in [1.29, 1.82) is 0 Å². The lowest BCUT2D eigenvalue weighted by molar-refractivity contribution is -0.214. The van der Waals surface area contributed by atoms with E-state index in [1.165, 1.54) is 19.3 Å². The van der Waals surface area contributed by atoms with Gasteiger partial charge in [-0.25, -0.2) is 0 Å². The molecule has 19 heavy (non-hydrogen) atoms. The minimum Gasteiger partial charge on any atom is -0.0628 e. The fourth-order valence-corrected chi connectivity index (χ4v) is 6.77. The zero-order valence-electron chi connectivity index (χ0n) is 13.9. The molecule has 7 unspecified atom stereocenters. The first-order chi connectivity index (χ1) is 8.89. The van der Waals surface area contributed by atoms with Gasteiger partial charge in [0.1, 0.15) is 0 Å². The second-order valence-corrected chi connectivity index (χ2v) is 9.04. The summed E-state index contributed by atoms with van der Waals surface area (Å²) in [5.41, 5.74) is 0.822. The van der Waals surface area contributed by atoms with Crippen LogP contribution in [0.15, 0.2) is 0 Å². The van der Waals surface area contributed by atoms with E-state index in [-0.39, 0.29) is 0 Å². The molecule has 110 valence electrons. The van der Waals surface area contributed by atoms with Gasteiger partial charge in [0.05, 0.1) is 0 Å². The lowest BCUT2D eigenvalue weighted by Gasteiger charge is -2.69. The monoisotopic (exact) mass is 262 g/mol. The van der Waals surface area contributed by atoms with Crippen LogP contribution in [0.3, 0.4) is 0 Å². The van der Waals surface area contributed by atoms with Crippen LogP contribution in [-0.4, -0.2) is 0 Å². The van der Waals surface area contributed by atoms with Gasteiger partial charge in [-0.1, -0.05) is 48.0 Å². The van der Waals surface area contributed by atoms with Crippen molar-refractivity contribution in [3.05, 3.63) is 0 Å². The molecule has 0 heteroatoms. The maximum Gasteiger partial charge on any atom is -0.0199 e. The molecule has 0 aromatic rings. The average Bonchev–Trinajstić information content (AvgIpc) is 2.63. The standard InChI is InChI=1S/C19H34/c1-11(2)7-8-16-14(6)18-15-10-19(16,18)17(13(15)5)9-12(3)4/h11-18H,7-10H2,1-6H3. The van der Waals surface area contributed by atoms with Crippen molar-refractivity contribution < 1.29 is 0 Å². The Kier molecular flexibility index (Phi) is 3.31. The molecule has 0 aromatic carbocycles. The summed E-state index contributed by atoms with van der Waals surface area (Å²) in [5.74, 6) is 8.22. The zero-order valence-corrected chi connectivity index (χ0v) is 13.9. The van der Waals surface area contributed by atoms with Crippen molar-refractivity contribution in [2.45, 2.75) is 67.2 Å². The summed E-state index contributed by atoms with van der Waals surface area (Å²) >= 11 is 0. The molecule has 0 aromatic heterocycles. The van der Waals surface area contributed by atoms with E-state index < -0.39 is 0 Å². The topological polar surface area (TPSA) is 0 Å². The minimum atomic E-state index is 0.822. The second-order valence-electron chi connectivity index (χ2n) is 9.04. The molecule has 1 spiro atoms. The van der Waals surface area contributed by atoms with Gasteiger partial charge in [-0.3, -0.25) is 0 Å². The summed E-state index contributed by atoms with van der Waals surface area (Å²) < 4.78 is 0. The quantitative estimate of drug-likeness (QED) is 0.603. The third kappa shape index (κ3) is 1.70. The van der Waals surface area contributed by atoms with Gasteiger partial charge in [0.25, 0.3) is 0 Å². The van der Waals surface area contributed by atoms with Crippen molar-refractivity contribution in [3.63, 3.8) is 0 Å². The SMILES string of the molecule is CC(C)CCC1C(C)C2C3CC12C(CC(C)C)C3C. The van der Waals surface area contributed by atoms with Crippen molar-refractivity contribution in [1.82, 2.24) is 0 Å². The fraction of sp³-hybridized carbons (Fsp3) is 1.00. The van der Waals surface area contributed by atoms with Gasteiger partial charge >= 0.3 is 0 Å². The van der Waals surface area contributed by atoms with Crippen LogP contribution in [0, 0.1) is 52.8 Å². The van der Waals surface area contributed by atoms with E-state index in [4.69, 9.17) is 0 Å². The van der Waals surface area contributed by atoms with Crippen LogP contribution < -0.4 is 0 Å². The molecule has 0 radical (unpaired) electrons. The molecule has 0 saturated heterocycles. The van der Waals surface area contributed by atoms with E-state index in [9.17, 15) is 0 Å². The first-order valence-electron chi connectivity index (χ1n) is 8.89. The Labute approximate surface area is 120 Å². The van der Waals surface area contributed by atoms with Crippen molar-refractivity contribution in [2.24, 2.45) is 52.8 Å². The first kappa shape index (κ1) is 14.0. The highest BCUT2D eigenvalue weighted by molar-refractivity contribution is 5.25. The van der Waals surface area contributed by atoms with Crippen molar-refractivity contribution >= 4 is 0 Å². The second kappa shape index (κ2) is 4.50. The smallest absolute Gasteiger partial charge is 0.0199 e. The molecule has 4 aliphatic carbocycles. The largest absolute Gasteiger partial charge is 0.0628 e. The molecule has 0 aliphatic heterocycles. The Morgan fingerprint density at radius 3 is 2.21 bits per heavy atom.